The molecule has 1 aromatic rings. The minimum atomic E-state index is -0.547. The number of likely N-dealkylation sites (tertiary alicyclic amines) is 1. The number of nitrogens with one attached hydrogen (secondary N) is 1. The number of carbonyl (C=O) groups is 2. The highest BCUT2D eigenvalue weighted by Gasteiger charge is 2.30. The van der Waals surface area contributed by atoms with E-state index in [9.17, 15) is 14.0 Å². The Hall–Kier alpha value is -2.11. The van der Waals surface area contributed by atoms with Crippen molar-refractivity contribution in [3.63, 3.8) is 0 Å². The summed E-state index contributed by atoms with van der Waals surface area (Å²) < 4.78 is 18.2. The van der Waals surface area contributed by atoms with Crippen LogP contribution >= 0.6 is 0 Å². The van der Waals surface area contributed by atoms with Gasteiger partial charge in [0.1, 0.15) is 11.4 Å². The minimum Gasteiger partial charge on any atom is -0.444 e. The van der Waals surface area contributed by atoms with E-state index in [-0.39, 0.29) is 23.7 Å². The van der Waals surface area contributed by atoms with Crippen molar-refractivity contribution in [2.24, 2.45) is 5.92 Å². The summed E-state index contributed by atoms with van der Waals surface area (Å²) in [5.41, 5.74) is 0.291. The van der Waals surface area contributed by atoms with Gasteiger partial charge in [-0.2, -0.15) is 0 Å². The molecule has 0 aliphatic carbocycles. The molecule has 0 radical (unpaired) electrons. The number of halogens is 1. The zero-order valence-electron chi connectivity index (χ0n) is 14.5. The van der Waals surface area contributed by atoms with Crippen LogP contribution in [0.2, 0.25) is 0 Å². The van der Waals surface area contributed by atoms with Crippen LogP contribution in [0.3, 0.4) is 0 Å². The lowest BCUT2D eigenvalue weighted by atomic mass is 9.97. The lowest BCUT2D eigenvalue weighted by Gasteiger charge is -2.33. The number of hydrogen-bond donors (Lipinski definition) is 1. The summed E-state index contributed by atoms with van der Waals surface area (Å²) in [6, 6.07) is 6.02. The SMILES string of the molecule is CC(C)(C)OC(=O)N1CCC[C@H](C(=O)NCc2ccc(F)cc2)C1. The van der Waals surface area contributed by atoms with Gasteiger partial charge in [0.05, 0.1) is 5.92 Å². The van der Waals surface area contributed by atoms with Crippen LogP contribution in [0.1, 0.15) is 39.2 Å². The molecule has 0 bridgehead atoms. The van der Waals surface area contributed by atoms with Gasteiger partial charge in [0, 0.05) is 19.6 Å². The summed E-state index contributed by atoms with van der Waals surface area (Å²) >= 11 is 0. The number of rotatable bonds is 3. The zero-order valence-corrected chi connectivity index (χ0v) is 14.5. The number of benzene rings is 1. The number of nitrogens with zero attached hydrogens (tertiary/aromatic N) is 1. The third-order valence-corrected chi connectivity index (χ3v) is 3.82. The highest BCUT2D eigenvalue weighted by Crippen LogP contribution is 2.19. The van der Waals surface area contributed by atoms with Crippen LogP contribution in [-0.2, 0) is 16.1 Å². The van der Waals surface area contributed by atoms with Crippen LogP contribution in [0.25, 0.3) is 0 Å². The second kappa shape index (κ2) is 7.64. The van der Waals surface area contributed by atoms with Crippen molar-refractivity contribution < 1.29 is 18.7 Å². The molecule has 1 aliphatic heterocycles. The van der Waals surface area contributed by atoms with Crippen LogP contribution in [0, 0.1) is 11.7 Å². The van der Waals surface area contributed by atoms with Gasteiger partial charge < -0.3 is 15.0 Å². The molecule has 1 aromatic carbocycles. The van der Waals surface area contributed by atoms with Crippen molar-refractivity contribution >= 4 is 12.0 Å². The van der Waals surface area contributed by atoms with E-state index in [4.69, 9.17) is 4.74 Å². The van der Waals surface area contributed by atoms with E-state index in [0.717, 1.165) is 18.4 Å². The van der Waals surface area contributed by atoms with Crippen LogP contribution in [-0.4, -0.2) is 35.6 Å². The van der Waals surface area contributed by atoms with Gasteiger partial charge in [0.25, 0.3) is 0 Å². The van der Waals surface area contributed by atoms with Crippen LogP contribution in [0.5, 0.6) is 0 Å². The quantitative estimate of drug-likeness (QED) is 0.923. The first-order chi connectivity index (χ1) is 11.2. The molecule has 0 unspecified atom stereocenters. The first-order valence-corrected chi connectivity index (χ1v) is 8.25. The molecule has 0 spiro atoms. The van der Waals surface area contributed by atoms with Gasteiger partial charge in [-0.15, -0.1) is 0 Å². The predicted molar refractivity (Wildman–Crippen MR) is 88.8 cm³/mol. The van der Waals surface area contributed by atoms with E-state index in [1.54, 1.807) is 17.0 Å². The van der Waals surface area contributed by atoms with E-state index < -0.39 is 5.60 Å². The monoisotopic (exact) mass is 336 g/mol. The zero-order chi connectivity index (χ0) is 17.7. The molecule has 0 saturated carbocycles. The molecular weight excluding hydrogens is 311 g/mol. The van der Waals surface area contributed by atoms with E-state index in [1.807, 2.05) is 20.8 Å². The average molecular weight is 336 g/mol. The number of hydrogen-bond acceptors (Lipinski definition) is 3. The normalized spacial score (nSPS) is 18.2. The van der Waals surface area contributed by atoms with Crippen LogP contribution in [0.15, 0.2) is 24.3 Å². The average Bonchev–Trinajstić information content (AvgIpc) is 2.52. The number of amides is 2. The molecule has 132 valence electrons. The lowest BCUT2D eigenvalue weighted by molar-refractivity contribution is -0.126. The molecule has 1 fully saturated rings. The summed E-state index contributed by atoms with van der Waals surface area (Å²) in [6.07, 6.45) is 1.14. The maximum absolute atomic E-state index is 12.9. The Morgan fingerprint density at radius 2 is 1.96 bits per heavy atom. The molecule has 1 saturated heterocycles. The Labute approximate surface area is 142 Å². The predicted octanol–water partition coefficient (Wildman–Crippen LogP) is 3.09. The topological polar surface area (TPSA) is 58.6 Å². The van der Waals surface area contributed by atoms with Crippen molar-refractivity contribution in [1.82, 2.24) is 10.2 Å². The molecule has 2 amide bonds. The van der Waals surface area contributed by atoms with Crippen molar-refractivity contribution in [3.8, 4) is 0 Å². The van der Waals surface area contributed by atoms with Gasteiger partial charge in [-0.3, -0.25) is 4.79 Å². The third-order valence-electron chi connectivity index (χ3n) is 3.82. The Kier molecular flexibility index (Phi) is 5.80. The maximum atomic E-state index is 12.9. The van der Waals surface area contributed by atoms with Gasteiger partial charge in [0.15, 0.2) is 0 Å². The standard InChI is InChI=1S/C18H25FN2O3/c1-18(2,3)24-17(23)21-10-4-5-14(12-21)16(22)20-11-13-6-8-15(19)9-7-13/h6-9,14H,4-5,10-12H2,1-3H3,(H,20,22)/t14-/m0/s1. The summed E-state index contributed by atoms with van der Waals surface area (Å²) in [7, 11) is 0. The fraction of sp³-hybridized carbons (Fsp3) is 0.556. The van der Waals surface area contributed by atoms with E-state index in [0.29, 0.717) is 19.6 Å². The highest BCUT2D eigenvalue weighted by molar-refractivity contribution is 5.80. The Bertz CT molecular complexity index is 581. The summed E-state index contributed by atoms with van der Waals surface area (Å²) in [6.45, 7) is 6.79. The lowest BCUT2D eigenvalue weighted by Crippen LogP contribution is -2.46. The van der Waals surface area contributed by atoms with Crippen molar-refractivity contribution in [1.29, 1.82) is 0 Å². The first kappa shape index (κ1) is 18.2. The van der Waals surface area contributed by atoms with Gasteiger partial charge in [-0.05, 0) is 51.3 Å². The highest BCUT2D eigenvalue weighted by atomic mass is 19.1. The molecule has 5 nitrogen and oxygen atoms in total. The largest absolute Gasteiger partial charge is 0.444 e. The summed E-state index contributed by atoms with van der Waals surface area (Å²) in [4.78, 5) is 26.1. The molecule has 1 N–H and O–H groups in total. The van der Waals surface area contributed by atoms with Crippen LogP contribution in [0.4, 0.5) is 9.18 Å². The first-order valence-electron chi connectivity index (χ1n) is 8.25. The number of carbonyl (C=O) groups excluding carboxylic acids is 2. The van der Waals surface area contributed by atoms with Crippen molar-refractivity contribution in [2.45, 2.75) is 45.8 Å². The second-order valence-electron chi connectivity index (χ2n) is 7.11. The fourth-order valence-corrected chi connectivity index (χ4v) is 2.62. The van der Waals surface area contributed by atoms with Gasteiger partial charge in [0.2, 0.25) is 5.91 Å². The van der Waals surface area contributed by atoms with E-state index in [2.05, 4.69) is 5.32 Å². The molecule has 2 rings (SSSR count). The Morgan fingerprint density at radius 1 is 1.29 bits per heavy atom. The summed E-state index contributed by atoms with van der Waals surface area (Å²) in [5.74, 6) is -0.635. The van der Waals surface area contributed by atoms with Crippen molar-refractivity contribution in [3.05, 3.63) is 35.6 Å². The third kappa shape index (κ3) is 5.51. The molecule has 0 aromatic heterocycles. The molecule has 1 atom stereocenters. The van der Waals surface area contributed by atoms with Crippen molar-refractivity contribution in [2.75, 3.05) is 13.1 Å². The summed E-state index contributed by atoms with van der Waals surface area (Å²) in [5, 5.41) is 2.86. The number of ether oxygens (including phenoxy) is 1. The molecule has 1 heterocycles. The molecule has 1 aliphatic rings. The fourth-order valence-electron chi connectivity index (χ4n) is 2.62. The minimum absolute atomic E-state index is 0.0902. The second-order valence-corrected chi connectivity index (χ2v) is 7.11. The van der Waals surface area contributed by atoms with E-state index >= 15 is 0 Å². The van der Waals surface area contributed by atoms with Gasteiger partial charge in [-0.1, -0.05) is 12.1 Å². The van der Waals surface area contributed by atoms with Crippen LogP contribution < -0.4 is 5.32 Å². The van der Waals surface area contributed by atoms with E-state index in [1.165, 1.54) is 12.1 Å². The Balaban J connectivity index is 1.85. The molecule has 24 heavy (non-hydrogen) atoms. The Morgan fingerprint density at radius 3 is 2.58 bits per heavy atom. The maximum Gasteiger partial charge on any atom is 0.410 e. The van der Waals surface area contributed by atoms with Gasteiger partial charge >= 0.3 is 6.09 Å². The number of piperidine rings is 1. The smallest absolute Gasteiger partial charge is 0.410 e. The molecular formula is C18H25FN2O3. The van der Waals surface area contributed by atoms with Gasteiger partial charge in [-0.25, -0.2) is 9.18 Å². The molecule has 6 heteroatoms.